The molecule has 16 heteroatoms. The molecule has 14 nitrogen and oxygen atoms in total. The monoisotopic (exact) mass is 843 g/mol. The van der Waals surface area contributed by atoms with Gasteiger partial charge in [-0.2, -0.15) is 0 Å². The van der Waals surface area contributed by atoms with Gasteiger partial charge < -0.3 is 41.2 Å². The molecule has 326 valence electrons. The van der Waals surface area contributed by atoms with Crippen molar-refractivity contribution in [2.75, 3.05) is 20.2 Å². The second-order valence-electron chi connectivity index (χ2n) is 16.3. The molecule has 2 heterocycles. The number of amides is 6. The molecule has 3 aromatic carbocycles. The van der Waals surface area contributed by atoms with E-state index in [4.69, 9.17) is 4.74 Å². The van der Waals surface area contributed by atoms with Crippen molar-refractivity contribution in [3.8, 4) is 5.75 Å². The SMILES string of the molecule is COc1ccc(C[C@@H]2NC(=O)[C@H](CC(C)C)NC(=O)[C@@H](Cc3c[nH]c4ccccc34)NC(=O)CN(C(=O)c3c(F)ccc(C)c3F)C[C@H](C(C)C)NC(=O)[C@@H](C)NC2=O)cc1. The molecule has 6 amide bonds. The van der Waals surface area contributed by atoms with Crippen LogP contribution in [0.2, 0.25) is 0 Å². The first-order valence-electron chi connectivity index (χ1n) is 20.4. The number of carbonyl (C=O) groups excluding carboxylic acids is 6. The molecule has 1 aliphatic heterocycles. The lowest BCUT2D eigenvalue weighted by molar-refractivity contribution is -0.135. The van der Waals surface area contributed by atoms with Crippen LogP contribution in [0.5, 0.6) is 5.75 Å². The van der Waals surface area contributed by atoms with Gasteiger partial charge in [0.1, 0.15) is 47.1 Å². The quantitative estimate of drug-likeness (QED) is 0.148. The first-order chi connectivity index (χ1) is 28.9. The van der Waals surface area contributed by atoms with Gasteiger partial charge in [0.25, 0.3) is 5.91 Å². The lowest BCUT2D eigenvalue weighted by atomic mass is 9.99. The molecule has 0 aliphatic carbocycles. The number of fused-ring (bicyclic) bond motifs is 1. The van der Waals surface area contributed by atoms with Gasteiger partial charge in [0.15, 0.2) is 0 Å². The van der Waals surface area contributed by atoms with Gasteiger partial charge in [-0.25, -0.2) is 8.78 Å². The summed E-state index contributed by atoms with van der Waals surface area (Å²) < 4.78 is 36.0. The van der Waals surface area contributed by atoms with Gasteiger partial charge in [-0.1, -0.05) is 64.1 Å². The van der Waals surface area contributed by atoms with Gasteiger partial charge >= 0.3 is 0 Å². The summed E-state index contributed by atoms with van der Waals surface area (Å²) in [5.74, 6) is -6.95. The number of methoxy groups -OCH3 is 1. The largest absolute Gasteiger partial charge is 0.497 e. The average Bonchev–Trinajstić information content (AvgIpc) is 3.62. The molecule has 0 radical (unpaired) electrons. The van der Waals surface area contributed by atoms with Gasteiger partial charge in [0.2, 0.25) is 29.5 Å². The fourth-order valence-electron chi connectivity index (χ4n) is 7.18. The van der Waals surface area contributed by atoms with E-state index in [0.717, 1.165) is 21.9 Å². The van der Waals surface area contributed by atoms with Crippen LogP contribution in [0.25, 0.3) is 10.9 Å². The number of para-hydroxylation sites is 1. The highest BCUT2D eigenvalue weighted by Gasteiger charge is 2.35. The second-order valence-corrected chi connectivity index (χ2v) is 16.3. The molecule has 1 aromatic heterocycles. The highest BCUT2D eigenvalue weighted by Crippen LogP contribution is 2.22. The summed E-state index contributed by atoms with van der Waals surface area (Å²) in [6, 6.07) is 10.6. The summed E-state index contributed by atoms with van der Waals surface area (Å²) >= 11 is 0. The summed E-state index contributed by atoms with van der Waals surface area (Å²) in [5, 5.41) is 14.6. The van der Waals surface area contributed by atoms with Gasteiger partial charge in [-0.3, -0.25) is 28.8 Å². The van der Waals surface area contributed by atoms with E-state index in [9.17, 15) is 28.8 Å². The fraction of sp³-hybridized carbons (Fsp3) is 0.422. The third-order valence-electron chi connectivity index (χ3n) is 10.7. The lowest BCUT2D eigenvalue weighted by Gasteiger charge is -2.32. The molecule has 0 bridgehead atoms. The fourth-order valence-corrected chi connectivity index (χ4v) is 7.18. The van der Waals surface area contributed by atoms with Crippen LogP contribution in [0, 0.1) is 30.4 Å². The summed E-state index contributed by atoms with van der Waals surface area (Å²) in [7, 11) is 1.52. The van der Waals surface area contributed by atoms with E-state index in [2.05, 4.69) is 31.6 Å². The Labute approximate surface area is 353 Å². The van der Waals surface area contributed by atoms with Crippen LogP contribution in [0.4, 0.5) is 8.78 Å². The first-order valence-corrected chi connectivity index (χ1v) is 20.4. The first kappa shape index (κ1) is 45.8. The van der Waals surface area contributed by atoms with Crippen molar-refractivity contribution in [3.63, 3.8) is 0 Å². The third kappa shape index (κ3) is 11.7. The Bertz CT molecular complexity index is 2240. The molecule has 0 spiro atoms. The number of H-pyrrole nitrogens is 1. The normalized spacial score (nSPS) is 21.3. The van der Waals surface area contributed by atoms with E-state index in [1.54, 1.807) is 44.3 Å². The van der Waals surface area contributed by atoms with E-state index < -0.39 is 95.3 Å². The van der Waals surface area contributed by atoms with Gasteiger partial charge in [-0.15, -0.1) is 0 Å². The molecule has 1 aliphatic rings. The second kappa shape index (κ2) is 20.3. The maximum absolute atomic E-state index is 15.5. The smallest absolute Gasteiger partial charge is 0.260 e. The van der Waals surface area contributed by atoms with E-state index in [1.165, 1.54) is 27.0 Å². The van der Waals surface area contributed by atoms with Crippen LogP contribution >= 0.6 is 0 Å². The van der Waals surface area contributed by atoms with Crippen molar-refractivity contribution in [1.29, 1.82) is 0 Å². The van der Waals surface area contributed by atoms with E-state index in [1.807, 2.05) is 38.1 Å². The van der Waals surface area contributed by atoms with Gasteiger partial charge in [0, 0.05) is 42.5 Å². The number of aromatic nitrogens is 1. The number of halogens is 2. The van der Waals surface area contributed by atoms with Crippen LogP contribution in [0.3, 0.4) is 0 Å². The minimum Gasteiger partial charge on any atom is -0.497 e. The number of aromatic amines is 1. The van der Waals surface area contributed by atoms with Crippen molar-refractivity contribution in [3.05, 3.63) is 101 Å². The Morgan fingerprint density at radius 1 is 0.787 bits per heavy atom. The number of hydrogen-bond donors (Lipinski definition) is 6. The standard InChI is InChI=1S/C45H55F2N7O7/c1-24(2)18-34-43(58)52-35(19-28-13-15-30(61-7)16-14-28)42(57)49-27(6)41(56)53-37(25(3)4)22-54(45(60)39-32(46)17-12-26(5)40(39)47)23-38(55)50-36(44(59)51-34)20-29-21-48-33-11-9-8-10-31(29)33/h8-17,21,24-25,27,34-37,48H,18-20,22-23H2,1-7H3,(H,49,57)(H,50,55)(H,51,59)(H,52,58)(H,53,56)/t27-,34+,35+,36-,37-/m1/s1. The Balaban J connectivity index is 1.58. The number of benzene rings is 3. The Kier molecular flexibility index (Phi) is 15.2. The Hall–Kier alpha value is -6.32. The van der Waals surface area contributed by atoms with Crippen LogP contribution in [-0.2, 0) is 36.8 Å². The van der Waals surface area contributed by atoms with Crippen molar-refractivity contribution in [1.82, 2.24) is 36.5 Å². The Morgan fingerprint density at radius 3 is 2.10 bits per heavy atom. The predicted molar refractivity (Wildman–Crippen MR) is 225 cm³/mol. The summed E-state index contributed by atoms with van der Waals surface area (Å²) in [6.07, 6.45) is 1.80. The molecule has 6 N–H and O–H groups in total. The lowest BCUT2D eigenvalue weighted by Crippen LogP contribution is -2.60. The molecule has 4 aromatic rings. The van der Waals surface area contributed by atoms with Crippen LogP contribution < -0.4 is 31.3 Å². The van der Waals surface area contributed by atoms with Crippen LogP contribution in [0.15, 0.2) is 66.9 Å². The highest BCUT2D eigenvalue weighted by molar-refractivity contribution is 5.99. The van der Waals surface area contributed by atoms with Crippen LogP contribution in [-0.4, -0.2) is 95.7 Å². The average molecular weight is 844 g/mol. The van der Waals surface area contributed by atoms with Crippen molar-refractivity contribution in [2.45, 2.75) is 91.0 Å². The number of hydrogen-bond acceptors (Lipinski definition) is 7. The zero-order valence-corrected chi connectivity index (χ0v) is 35.5. The van der Waals surface area contributed by atoms with E-state index >= 15 is 8.78 Å². The minimum atomic E-state index is -1.32. The Morgan fingerprint density at radius 2 is 1.43 bits per heavy atom. The van der Waals surface area contributed by atoms with E-state index in [-0.39, 0.29) is 37.3 Å². The topological polar surface area (TPSA) is 191 Å². The molecule has 0 saturated carbocycles. The number of carbonyl (C=O) groups is 6. The molecule has 61 heavy (non-hydrogen) atoms. The van der Waals surface area contributed by atoms with E-state index in [0.29, 0.717) is 16.9 Å². The molecular formula is C45H55F2N7O7. The summed E-state index contributed by atoms with van der Waals surface area (Å²) in [6.45, 7) is 8.86. The number of ether oxygens (including phenoxy) is 1. The maximum Gasteiger partial charge on any atom is 0.260 e. The number of nitrogens with zero attached hydrogens (tertiary/aromatic N) is 1. The maximum atomic E-state index is 15.5. The van der Waals surface area contributed by atoms with Crippen LogP contribution in [0.1, 0.15) is 68.1 Å². The highest BCUT2D eigenvalue weighted by atomic mass is 19.1. The molecule has 1 fully saturated rings. The summed E-state index contributed by atoms with van der Waals surface area (Å²) in [5.41, 5.74) is 1.21. The molecular weight excluding hydrogens is 789 g/mol. The molecule has 5 atom stereocenters. The van der Waals surface area contributed by atoms with Crippen molar-refractivity contribution < 1.29 is 42.3 Å². The number of rotatable bonds is 9. The van der Waals surface area contributed by atoms with Gasteiger partial charge in [0.05, 0.1) is 13.7 Å². The van der Waals surface area contributed by atoms with Crippen molar-refractivity contribution in [2.24, 2.45) is 11.8 Å². The molecule has 5 rings (SSSR count). The molecule has 0 unspecified atom stereocenters. The predicted octanol–water partition coefficient (Wildman–Crippen LogP) is 3.85. The summed E-state index contributed by atoms with van der Waals surface area (Å²) in [4.78, 5) is 88.7. The van der Waals surface area contributed by atoms with Gasteiger partial charge in [-0.05, 0) is 73.1 Å². The minimum absolute atomic E-state index is 0.00498. The zero-order chi connectivity index (χ0) is 44.5. The number of aryl methyl sites for hydroxylation is 1. The third-order valence-corrected chi connectivity index (χ3v) is 10.7. The molecule has 1 saturated heterocycles. The zero-order valence-electron chi connectivity index (χ0n) is 35.5. The number of nitrogens with one attached hydrogen (secondary N) is 6. The van der Waals surface area contributed by atoms with Crippen molar-refractivity contribution >= 4 is 46.3 Å².